The molecular formula is C14H22F3N5O2. The Morgan fingerprint density at radius 1 is 1.46 bits per heavy atom. The second kappa shape index (κ2) is 8.81. The van der Waals surface area contributed by atoms with Crippen LogP contribution < -0.4 is 11.5 Å². The topological polar surface area (TPSA) is 106 Å². The number of hydrogen-bond donors (Lipinski definition) is 2. The maximum atomic E-state index is 13.3. The van der Waals surface area contributed by atoms with Crippen LogP contribution in [0.5, 0.6) is 0 Å². The van der Waals surface area contributed by atoms with Gasteiger partial charge in [-0.15, -0.1) is 0 Å². The van der Waals surface area contributed by atoms with Crippen molar-refractivity contribution in [3.63, 3.8) is 0 Å². The molecule has 0 aromatic rings. The molecule has 0 saturated heterocycles. The molecule has 24 heavy (non-hydrogen) atoms. The highest BCUT2D eigenvalue weighted by molar-refractivity contribution is 5.88. The van der Waals surface area contributed by atoms with Gasteiger partial charge in [-0.2, -0.15) is 13.2 Å². The molecule has 10 heteroatoms. The van der Waals surface area contributed by atoms with Crippen molar-refractivity contribution in [2.24, 2.45) is 21.6 Å². The van der Waals surface area contributed by atoms with Crippen LogP contribution in [0.1, 0.15) is 32.6 Å². The van der Waals surface area contributed by atoms with Crippen LogP contribution in [0.2, 0.25) is 0 Å². The van der Waals surface area contributed by atoms with E-state index in [-0.39, 0.29) is 31.7 Å². The summed E-state index contributed by atoms with van der Waals surface area (Å²) in [7, 11) is 0. The normalized spacial score (nSPS) is 16.9. The largest absolute Gasteiger partial charge is 0.415 e. The first-order chi connectivity index (χ1) is 11.3. The van der Waals surface area contributed by atoms with Gasteiger partial charge in [0.2, 0.25) is 0 Å². The first-order valence-corrected chi connectivity index (χ1v) is 7.62. The summed E-state index contributed by atoms with van der Waals surface area (Å²) < 4.78 is 40.0. The van der Waals surface area contributed by atoms with E-state index >= 15 is 0 Å². The molecule has 0 bridgehead atoms. The highest BCUT2D eigenvalue weighted by atomic mass is 19.4. The van der Waals surface area contributed by atoms with E-state index in [0.717, 1.165) is 4.90 Å². The molecule has 1 heterocycles. The van der Waals surface area contributed by atoms with Crippen LogP contribution >= 0.6 is 0 Å². The molecule has 0 aliphatic carbocycles. The fraction of sp³-hybridized carbons (Fsp3) is 0.714. The zero-order chi connectivity index (χ0) is 18.2. The number of aliphatic imine (C=N–C) groups is 1. The quantitative estimate of drug-likeness (QED) is 0.394. The van der Waals surface area contributed by atoms with Gasteiger partial charge in [0, 0.05) is 25.7 Å². The van der Waals surface area contributed by atoms with Crippen molar-refractivity contribution < 1.29 is 22.8 Å². The summed E-state index contributed by atoms with van der Waals surface area (Å²) in [4.78, 5) is 21.8. The van der Waals surface area contributed by atoms with Crippen molar-refractivity contribution in [3.05, 3.63) is 12.0 Å². The molecule has 0 fully saturated rings. The molecular weight excluding hydrogens is 327 g/mol. The van der Waals surface area contributed by atoms with Gasteiger partial charge in [-0.25, -0.2) is 4.99 Å². The van der Waals surface area contributed by atoms with Crippen molar-refractivity contribution >= 4 is 11.9 Å². The molecule has 4 N–H and O–H groups in total. The zero-order valence-corrected chi connectivity index (χ0v) is 13.5. The minimum Gasteiger partial charge on any atom is -0.350 e. The van der Waals surface area contributed by atoms with Crippen LogP contribution in [0.25, 0.3) is 0 Å². The third-order valence-corrected chi connectivity index (χ3v) is 3.51. The van der Waals surface area contributed by atoms with Crippen LogP contribution in [-0.2, 0) is 9.63 Å². The smallest absolute Gasteiger partial charge is 0.350 e. The van der Waals surface area contributed by atoms with Crippen LogP contribution in [0, 0.1) is 0 Å². The average molecular weight is 349 g/mol. The van der Waals surface area contributed by atoms with Crippen LogP contribution in [0.15, 0.2) is 22.1 Å². The Labute approximate surface area is 138 Å². The first kappa shape index (κ1) is 20.1. The molecule has 0 aromatic carbocycles. The summed E-state index contributed by atoms with van der Waals surface area (Å²) in [5.74, 6) is -0.967. The summed E-state index contributed by atoms with van der Waals surface area (Å²) in [6.07, 6.45) is -3.50. The number of hydrogen-bond acceptors (Lipinski definition) is 6. The lowest BCUT2D eigenvalue weighted by atomic mass is 9.91. The zero-order valence-electron chi connectivity index (χ0n) is 13.5. The number of carbonyl (C=O) groups excluding carboxylic acids is 1. The number of nitrogens with zero attached hydrogens (tertiary/aromatic N) is 3. The summed E-state index contributed by atoms with van der Waals surface area (Å²) in [5, 5.41) is 3.42. The highest BCUT2D eigenvalue weighted by Crippen LogP contribution is 2.35. The molecule has 0 saturated carbocycles. The van der Waals surface area contributed by atoms with Gasteiger partial charge >= 0.3 is 6.18 Å². The predicted molar refractivity (Wildman–Crippen MR) is 81.8 cm³/mol. The minimum absolute atomic E-state index is 0.0422. The van der Waals surface area contributed by atoms with E-state index in [1.807, 2.05) is 0 Å². The molecule has 0 unspecified atom stereocenters. The molecule has 1 aliphatic heterocycles. The van der Waals surface area contributed by atoms with Crippen molar-refractivity contribution in [1.82, 2.24) is 4.90 Å². The Hall–Kier alpha value is -1.90. The van der Waals surface area contributed by atoms with E-state index < -0.39 is 24.0 Å². The minimum atomic E-state index is -4.86. The number of rotatable bonds is 8. The number of unbranched alkanes of at least 4 members (excludes halogenated alkanes) is 1. The molecule has 1 aliphatic rings. The van der Waals surface area contributed by atoms with Crippen molar-refractivity contribution in [2.45, 2.75) is 44.3 Å². The van der Waals surface area contributed by atoms with Gasteiger partial charge in [-0.05, 0) is 37.9 Å². The molecule has 1 rings (SSSR count). The standard InChI is InChI=1S/C14H22F3N5O2/c1-2-20-10-21-24-11-5-8-22(9-11)12(23)13(19,14(15,16)17)6-3-4-7-18/h9H,2-8,18-19H2,1H3/t13-/m0/s1. The lowest BCUT2D eigenvalue weighted by Crippen LogP contribution is -2.63. The Morgan fingerprint density at radius 3 is 2.75 bits per heavy atom. The number of nitrogens with two attached hydrogens (primary N) is 2. The Balaban J connectivity index is 2.84. The molecule has 0 spiro atoms. The summed E-state index contributed by atoms with van der Waals surface area (Å²) >= 11 is 0. The van der Waals surface area contributed by atoms with Gasteiger partial charge in [0.1, 0.15) is 6.01 Å². The molecule has 0 aromatic heterocycles. The number of alkyl halides is 3. The van der Waals surface area contributed by atoms with Gasteiger partial charge < -0.3 is 21.2 Å². The van der Waals surface area contributed by atoms with E-state index in [4.69, 9.17) is 16.3 Å². The molecule has 1 atom stereocenters. The average Bonchev–Trinajstić information content (AvgIpc) is 2.98. The van der Waals surface area contributed by atoms with E-state index in [0.29, 0.717) is 13.0 Å². The maximum absolute atomic E-state index is 13.3. The van der Waals surface area contributed by atoms with Crippen LogP contribution in [-0.4, -0.2) is 48.2 Å². The Bertz CT molecular complexity index is 529. The Morgan fingerprint density at radius 2 is 2.17 bits per heavy atom. The van der Waals surface area contributed by atoms with Gasteiger partial charge in [0.25, 0.3) is 5.91 Å². The van der Waals surface area contributed by atoms with Crippen LogP contribution in [0.3, 0.4) is 0 Å². The monoisotopic (exact) mass is 349 g/mol. The number of amides is 1. The van der Waals surface area contributed by atoms with E-state index in [1.165, 1.54) is 6.20 Å². The molecule has 1 amide bonds. The third kappa shape index (κ3) is 5.05. The third-order valence-electron chi connectivity index (χ3n) is 3.51. The molecule has 136 valence electrons. The van der Waals surface area contributed by atoms with Crippen molar-refractivity contribution in [3.8, 4) is 0 Å². The van der Waals surface area contributed by atoms with Gasteiger partial charge in [-0.3, -0.25) is 4.79 Å². The predicted octanol–water partition coefficient (Wildman–Crippen LogP) is 1.57. The van der Waals surface area contributed by atoms with Crippen molar-refractivity contribution in [1.29, 1.82) is 0 Å². The lowest BCUT2D eigenvalue weighted by molar-refractivity contribution is -0.197. The van der Waals surface area contributed by atoms with Gasteiger partial charge in [0.15, 0.2) is 11.3 Å². The fourth-order valence-corrected chi connectivity index (χ4v) is 2.12. The molecule has 0 radical (unpaired) electrons. The second-order valence-corrected chi connectivity index (χ2v) is 5.32. The van der Waals surface area contributed by atoms with Crippen LogP contribution in [0.4, 0.5) is 13.2 Å². The summed E-state index contributed by atoms with van der Waals surface area (Å²) in [5.41, 5.74) is 7.79. The van der Waals surface area contributed by atoms with Crippen molar-refractivity contribution in [2.75, 3.05) is 19.6 Å². The summed E-state index contributed by atoms with van der Waals surface area (Å²) in [6.45, 7) is 2.53. The SMILES string of the molecule is CCN=C=NOC1=CN(C(=O)[C@@](N)(CCCCN)C(F)(F)F)CC1. The van der Waals surface area contributed by atoms with E-state index in [1.54, 1.807) is 6.92 Å². The van der Waals surface area contributed by atoms with Gasteiger partial charge in [-0.1, -0.05) is 0 Å². The number of halogens is 3. The second-order valence-electron chi connectivity index (χ2n) is 5.32. The Kier molecular flexibility index (Phi) is 7.40. The van der Waals surface area contributed by atoms with E-state index in [9.17, 15) is 18.0 Å². The van der Waals surface area contributed by atoms with Gasteiger partial charge in [0.05, 0.1) is 0 Å². The summed E-state index contributed by atoms with van der Waals surface area (Å²) in [6, 6.07) is 2.26. The maximum Gasteiger partial charge on any atom is 0.415 e. The van der Waals surface area contributed by atoms with E-state index in [2.05, 4.69) is 16.2 Å². The lowest BCUT2D eigenvalue weighted by Gasteiger charge is -2.33. The fourth-order valence-electron chi connectivity index (χ4n) is 2.12. The molecule has 7 nitrogen and oxygen atoms in total. The highest BCUT2D eigenvalue weighted by Gasteiger charge is 2.58. The number of carbonyl (C=O) groups is 1. The first-order valence-electron chi connectivity index (χ1n) is 7.62.